The van der Waals surface area contributed by atoms with E-state index in [1.165, 1.54) is 5.56 Å². The van der Waals surface area contributed by atoms with Crippen molar-refractivity contribution in [2.24, 2.45) is 0 Å². The third-order valence-electron chi connectivity index (χ3n) is 2.50. The number of halogens is 1. The summed E-state index contributed by atoms with van der Waals surface area (Å²) in [4.78, 5) is 10.2. The van der Waals surface area contributed by atoms with Gasteiger partial charge in [0.25, 0.3) is 0 Å². The maximum Gasteiger partial charge on any atom is 0.335 e. The molecular formula is C16H17ClO2. The second-order valence-corrected chi connectivity index (χ2v) is 4.42. The molecule has 0 aliphatic heterocycles. The number of aryl methyl sites for hydroxylation is 1. The molecule has 0 spiro atoms. The normalized spacial score (nSPS) is 9.37. The highest BCUT2D eigenvalue weighted by molar-refractivity contribution is 6.31. The summed E-state index contributed by atoms with van der Waals surface area (Å²) in [5.74, 6) is -0.879. The Balaban J connectivity index is 0.000000191. The van der Waals surface area contributed by atoms with Crippen LogP contribution in [-0.4, -0.2) is 11.1 Å². The second kappa shape index (κ2) is 8.33. The molecule has 0 unspecified atom stereocenters. The van der Waals surface area contributed by atoms with E-state index in [1.54, 1.807) is 30.3 Å². The van der Waals surface area contributed by atoms with Crippen molar-refractivity contribution in [3.63, 3.8) is 0 Å². The fourth-order valence-electron chi connectivity index (χ4n) is 1.55. The number of carbonyl (C=O) groups is 1. The minimum Gasteiger partial charge on any atom is -0.478 e. The van der Waals surface area contributed by atoms with Crippen LogP contribution in [-0.2, 0) is 6.42 Å². The molecule has 3 heteroatoms. The van der Waals surface area contributed by atoms with E-state index >= 15 is 0 Å². The summed E-state index contributed by atoms with van der Waals surface area (Å²) in [6, 6.07) is 16.3. The molecule has 0 atom stereocenters. The summed E-state index contributed by atoms with van der Waals surface area (Å²) in [6.45, 7) is 2.16. The molecule has 2 aromatic carbocycles. The van der Waals surface area contributed by atoms with Gasteiger partial charge in [-0.05, 0) is 30.2 Å². The van der Waals surface area contributed by atoms with Crippen molar-refractivity contribution < 1.29 is 9.90 Å². The average molecular weight is 277 g/mol. The van der Waals surface area contributed by atoms with Crippen LogP contribution in [0.15, 0.2) is 54.6 Å². The monoisotopic (exact) mass is 276 g/mol. The maximum absolute atomic E-state index is 10.2. The van der Waals surface area contributed by atoms with Crippen LogP contribution in [0.3, 0.4) is 0 Å². The van der Waals surface area contributed by atoms with E-state index in [-0.39, 0.29) is 0 Å². The van der Waals surface area contributed by atoms with Gasteiger partial charge in [0.2, 0.25) is 0 Å². The number of benzene rings is 2. The molecule has 2 nitrogen and oxygen atoms in total. The lowest BCUT2D eigenvalue weighted by Gasteiger charge is -1.99. The van der Waals surface area contributed by atoms with Crippen molar-refractivity contribution in [1.82, 2.24) is 0 Å². The van der Waals surface area contributed by atoms with E-state index in [0.717, 1.165) is 17.9 Å². The van der Waals surface area contributed by atoms with Crippen molar-refractivity contribution in [1.29, 1.82) is 0 Å². The Bertz CT molecular complexity index is 509. The Kier molecular flexibility index (Phi) is 6.69. The minimum atomic E-state index is -0.879. The van der Waals surface area contributed by atoms with Gasteiger partial charge in [0.05, 0.1) is 5.56 Å². The molecule has 0 aromatic heterocycles. The van der Waals surface area contributed by atoms with Gasteiger partial charge in [-0.15, -0.1) is 0 Å². The predicted molar refractivity (Wildman–Crippen MR) is 78.8 cm³/mol. The molecule has 1 N–H and O–H groups in total. The summed E-state index contributed by atoms with van der Waals surface area (Å²) in [6.07, 6.45) is 2.24. The van der Waals surface area contributed by atoms with Gasteiger partial charge in [0.15, 0.2) is 0 Å². The minimum absolute atomic E-state index is 0.331. The number of hydrogen-bond acceptors (Lipinski definition) is 1. The van der Waals surface area contributed by atoms with Gasteiger partial charge < -0.3 is 5.11 Å². The van der Waals surface area contributed by atoms with Gasteiger partial charge in [-0.1, -0.05) is 61.3 Å². The average Bonchev–Trinajstić information content (AvgIpc) is 2.43. The molecule has 0 saturated heterocycles. The van der Waals surface area contributed by atoms with Crippen LogP contribution in [0.1, 0.15) is 29.3 Å². The number of carboxylic acids is 1. The van der Waals surface area contributed by atoms with E-state index in [2.05, 4.69) is 13.0 Å². The van der Waals surface area contributed by atoms with Gasteiger partial charge in [0, 0.05) is 5.02 Å². The van der Waals surface area contributed by atoms with Crippen molar-refractivity contribution in [2.45, 2.75) is 19.8 Å². The smallest absolute Gasteiger partial charge is 0.335 e. The fraction of sp³-hybridized carbons (Fsp3) is 0.188. The van der Waals surface area contributed by atoms with E-state index in [9.17, 15) is 4.79 Å². The van der Waals surface area contributed by atoms with Crippen LogP contribution in [0.2, 0.25) is 5.02 Å². The van der Waals surface area contributed by atoms with Crippen LogP contribution in [0.5, 0.6) is 0 Å². The van der Waals surface area contributed by atoms with Crippen molar-refractivity contribution >= 4 is 17.6 Å². The molecule has 0 fully saturated rings. The highest BCUT2D eigenvalue weighted by Crippen LogP contribution is 2.15. The lowest BCUT2D eigenvalue weighted by Crippen LogP contribution is -1.93. The molecule has 0 aliphatic carbocycles. The highest BCUT2D eigenvalue weighted by Gasteiger charge is 1.96. The second-order valence-electron chi connectivity index (χ2n) is 4.01. The van der Waals surface area contributed by atoms with E-state index < -0.39 is 5.97 Å². The summed E-state index contributed by atoms with van der Waals surface area (Å²) in [5.41, 5.74) is 1.59. The first kappa shape index (κ1) is 15.3. The quantitative estimate of drug-likeness (QED) is 0.884. The van der Waals surface area contributed by atoms with E-state index in [4.69, 9.17) is 16.7 Å². The largest absolute Gasteiger partial charge is 0.478 e. The zero-order chi connectivity index (χ0) is 14.1. The fourth-order valence-corrected chi connectivity index (χ4v) is 1.78. The van der Waals surface area contributed by atoms with Crippen LogP contribution in [0.25, 0.3) is 0 Å². The SMILES string of the molecule is CCCc1ccccc1Cl.O=C(O)c1ccccc1. The predicted octanol–water partition coefficient (Wildman–Crippen LogP) is 4.68. The third-order valence-corrected chi connectivity index (χ3v) is 2.87. The first-order chi connectivity index (χ1) is 9.15. The molecule has 0 aliphatic rings. The van der Waals surface area contributed by atoms with Gasteiger partial charge in [0.1, 0.15) is 0 Å². The Hall–Kier alpha value is -1.80. The molecule has 0 heterocycles. The Morgan fingerprint density at radius 2 is 1.63 bits per heavy atom. The van der Waals surface area contributed by atoms with Gasteiger partial charge in [-0.25, -0.2) is 4.79 Å². The van der Waals surface area contributed by atoms with Crippen LogP contribution in [0.4, 0.5) is 0 Å². The molecule has 0 amide bonds. The molecule has 0 bridgehead atoms. The number of aromatic carboxylic acids is 1. The summed E-state index contributed by atoms with van der Waals surface area (Å²) in [7, 11) is 0. The van der Waals surface area contributed by atoms with Crippen LogP contribution in [0, 0.1) is 0 Å². The van der Waals surface area contributed by atoms with E-state index in [0.29, 0.717) is 5.56 Å². The molecule has 0 saturated carbocycles. The number of carboxylic acid groups (broad SMARTS) is 1. The molecular weight excluding hydrogens is 260 g/mol. The van der Waals surface area contributed by atoms with Crippen LogP contribution < -0.4 is 0 Å². The summed E-state index contributed by atoms with van der Waals surface area (Å²) in [5, 5.41) is 9.28. The first-order valence-corrected chi connectivity index (χ1v) is 6.54. The molecule has 2 aromatic rings. The summed E-state index contributed by atoms with van der Waals surface area (Å²) >= 11 is 5.90. The van der Waals surface area contributed by atoms with Gasteiger partial charge in [-0.3, -0.25) is 0 Å². The molecule has 19 heavy (non-hydrogen) atoms. The lowest BCUT2D eigenvalue weighted by molar-refractivity contribution is 0.0697. The molecule has 100 valence electrons. The topological polar surface area (TPSA) is 37.3 Å². The van der Waals surface area contributed by atoms with Crippen molar-refractivity contribution in [3.05, 3.63) is 70.7 Å². The number of rotatable bonds is 3. The van der Waals surface area contributed by atoms with Crippen molar-refractivity contribution in [3.8, 4) is 0 Å². The maximum atomic E-state index is 10.2. The first-order valence-electron chi connectivity index (χ1n) is 6.17. The summed E-state index contributed by atoms with van der Waals surface area (Å²) < 4.78 is 0. The highest BCUT2D eigenvalue weighted by atomic mass is 35.5. The Labute approximate surface area is 118 Å². The molecule has 2 rings (SSSR count). The van der Waals surface area contributed by atoms with Gasteiger partial charge >= 0.3 is 5.97 Å². The van der Waals surface area contributed by atoms with E-state index in [1.807, 2.05) is 18.2 Å². The Morgan fingerprint density at radius 3 is 2.11 bits per heavy atom. The standard InChI is InChI=1S/C9H11Cl.C7H6O2/c1-2-5-8-6-3-4-7-9(8)10;8-7(9)6-4-2-1-3-5-6/h3-4,6-7H,2,5H2,1H3;1-5H,(H,8,9). The lowest BCUT2D eigenvalue weighted by atomic mass is 10.1. The van der Waals surface area contributed by atoms with Gasteiger partial charge in [-0.2, -0.15) is 0 Å². The zero-order valence-corrected chi connectivity index (χ0v) is 11.6. The van der Waals surface area contributed by atoms with Crippen molar-refractivity contribution in [2.75, 3.05) is 0 Å². The van der Waals surface area contributed by atoms with Crippen LogP contribution >= 0.6 is 11.6 Å². The molecule has 0 radical (unpaired) electrons. The third kappa shape index (κ3) is 5.58. The number of hydrogen-bond donors (Lipinski definition) is 1. The zero-order valence-electron chi connectivity index (χ0n) is 10.8. The Morgan fingerprint density at radius 1 is 1.05 bits per heavy atom.